The summed E-state index contributed by atoms with van der Waals surface area (Å²) < 4.78 is 34.5. The summed E-state index contributed by atoms with van der Waals surface area (Å²) >= 11 is 6.26. The van der Waals surface area contributed by atoms with Crippen molar-refractivity contribution in [3.05, 3.63) is 125 Å². The van der Waals surface area contributed by atoms with Gasteiger partial charge in [-0.05, 0) is 54.4 Å². The molecule has 10 heteroatoms. The molecule has 0 saturated carbocycles. The molecular formula is C33H34ClN3O5S. The molecule has 0 aliphatic carbocycles. The lowest BCUT2D eigenvalue weighted by Gasteiger charge is -2.33. The van der Waals surface area contributed by atoms with E-state index in [1.165, 1.54) is 31.2 Å². The number of nitrogens with one attached hydrogen (secondary N) is 1. The molecule has 43 heavy (non-hydrogen) atoms. The van der Waals surface area contributed by atoms with Crippen molar-refractivity contribution >= 4 is 39.1 Å². The zero-order valence-electron chi connectivity index (χ0n) is 24.2. The Morgan fingerprint density at radius 2 is 1.56 bits per heavy atom. The Morgan fingerprint density at radius 3 is 2.21 bits per heavy atom. The van der Waals surface area contributed by atoms with E-state index in [9.17, 15) is 18.0 Å². The SMILES string of the molecule is CNC(=O)C(Cc1ccccc1)N(Cc1cccc(Cl)c1)C(=O)CN(c1cccc(OC)c1)S(=O)(=O)c1ccc(C)cc1. The number of likely N-dealkylation sites (N-methyl/N-ethyl adjacent to an activating group) is 1. The summed E-state index contributed by atoms with van der Waals surface area (Å²) in [6.45, 7) is 1.33. The number of hydrogen-bond acceptors (Lipinski definition) is 5. The summed E-state index contributed by atoms with van der Waals surface area (Å²) in [4.78, 5) is 29.1. The molecule has 1 N–H and O–H groups in total. The predicted octanol–water partition coefficient (Wildman–Crippen LogP) is 5.24. The van der Waals surface area contributed by atoms with Crippen molar-refractivity contribution in [3.63, 3.8) is 0 Å². The predicted molar refractivity (Wildman–Crippen MR) is 169 cm³/mol. The molecule has 0 radical (unpaired) electrons. The number of sulfonamides is 1. The molecule has 0 bridgehead atoms. The van der Waals surface area contributed by atoms with E-state index in [-0.39, 0.29) is 29.5 Å². The standard InChI is InChI=1S/C33H34ClN3O5S/c1-24-15-17-30(18-16-24)43(40,41)37(28-13-8-14-29(21-28)42-3)23-32(38)36(22-26-11-7-12-27(34)19-26)31(33(39)35-2)20-25-9-5-4-6-10-25/h4-19,21,31H,20,22-23H2,1-3H3,(H,35,39). The average Bonchev–Trinajstić information content (AvgIpc) is 3.01. The molecule has 0 fully saturated rings. The fraction of sp³-hybridized carbons (Fsp3) is 0.212. The monoisotopic (exact) mass is 619 g/mol. The normalized spacial score (nSPS) is 11.8. The number of ether oxygens (including phenoxy) is 1. The van der Waals surface area contributed by atoms with Crippen LogP contribution in [-0.4, -0.2) is 51.9 Å². The third-order valence-corrected chi connectivity index (χ3v) is 9.01. The maximum absolute atomic E-state index is 14.3. The smallest absolute Gasteiger partial charge is 0.264 e. The minimum absolute atomic E-state index is 0.0286. The van der Waals surface area contributed by atoms with Crippen LogP contribution in [0.15, 0.2) is 108 Å². The number of hydrogen-bond donors (Lipinski definition) is 1. The molecular weight excluding hydrogens is 586 g/mol. The number of carbonyl (C=O) groups is 2. The second kappa shape index (κ2) is 14.2. The first-order chi connectivity index (χ1) is 20.6. The maximum atomic E-state index is 14.3. The Balaban J connectivity index is 1.80. The van der Waals surface area contributed by atoms with E-state index < -0.39 is 28.5 Å². The molecule has 4 aromatic rings. The van der Waals surface area contributed by atoms with Crippen LogP contribution in [0, 0.1) is 6.92 Å². The van der Waals surface area contributed by atoms with Gasteiger partial charge in [0.25, 0.3) is 10.0 Å². The zero-order valence-corrected chi connectivity index (χ0v) is 25.8. The summed E-state index contributed by atoms with van der Waals surface area (Å²) in [7, 11) is -1.22. The van der Waals surface area contributed by atoms with Gasteiger partial charge in [-0.2, -0.15) is 0 Å². The highest BCUT2D eigenvalue weighted by Gasteiger charge is 2.34. The van der Waals surface area contributed by atoms with E-state index in [1.54, 1.807) is 60.7 Å². The van der Waals surface area contributed by atoms with Gasteiger partial charge in [-0.25, -0.2) is 8.42 Å². The highest BCUT2D eigenvalue weighted by molar-refractivity contribution is 7.92. The molecule has 8 nitrogen and oxygen atoms in total. The topological polar surface area (TPSA) is 96.0 Å². The van der Waals surface area contributed by atoms with Crippen LogP contribution >= 0.6 is 11.6 Å². The molecule has 0 aromatic heterocycles. The van der Waals surface area contributed by atoms with E-state index in [4.69, 9.17) is 16.3 Å². The van der Waals surface area contributed by atoms with Gasteiger partial charge >= 0.3 is 0 Å². The van der Waals surface area contributed by atoms with Crippen molar-refractivity contribution < 1.29 is 22.7 Å². The van der Waals surface area contributed by atoms with Gasteiger partial charge in [0, 0.05) is 31.1 Å². The van der Waals surface area contributed by atoms with E-state index in [1.807, 2.05) is 37.3 Å². The number of methoxy groups -OCH3 is 1. The van der Waals surface area contributed by atoms with E-state index in [2.05, 4.69) is 5.32 Å². The van der Waals surface area contributed by atoms with Crippen LogP contribution in [0.3, 0.4) is 0 Å². The Labute approximate surface area is 257 Å². The van der Waals surface area contributed by atoms with Crippen molar-refractivity contribution in [2.75, 3.05) is 25.0 Å². The van der Waals surface area contributed by atoms with Crippen LogP contribution in [-0.2, 0) is 32.6 Å². The number of halogens is 1. The third kappa shape index (κ3) is 7.94. The maximum Gasteiger partial charge on any atom is 0.264 e. The summed E-state index contributed by atoms with van der Waals surface area (Å²) in [5, 5.41) is 3.15. The molecule has 0 saturated heterocycles. The van der Waals surface area contributed by atoms with Gasteiger partial charge in [-0.1, -0.05) is 77.8 Å². The van der Waals surface area contributed by atoms with Gasteiger partial charge in [-0.3, -0.25) is 13.9 Å². The van der Waals surface area contributed by atoms with Crippen molar-refractivity contribution in [2.45, 2.75) is 30.8 Å². The fourth-order valence-corrected chi connectivity index (χ4v) is 6.30. The summed E-state index contributed by atoms with van der Waals surface area (Å²) in [5.74, 6) is -0.520. The van der Waals surface area contributed by atoms with Crippen LogP contribution in [0.5, 0.6) is 5.75 Å². The summed E-state index contributed by atoms with van der Waals surface area (Å²) in [6.07, 6.45) is 0.219. The number of rotatable bonds is 12. The van der Waals surface area contributed by atoms with Gasteiger partial charge in [0.05, 0.1) is 17.7 Å². The molecule has 2 amide bonds. The zero-order chi connectivity index (χ0) is 31.0. The Hall–Kier alpha value is -4.34. The highest BCUT2D eigenvalue weighted by Crippen LogP contribution is 2.28. The van der Waals surface area contributed by atoms with Crippen LogP contribution in [0.2, 0.25) is 5.02 Å². The minimum Gasteiger partial charge on any atom is -0.497 e. The van der Waals surface area contributed by atoms with Gasteiger partial charge < -0.3 is 15.0 Å². The molecule has 1 unspecified atom stereocenters. The first kappa shape index (κ1) is 31.6. The Morgan fingerprint density at radius 1 is 0.884 bits per heavy atom. The molecule has 0 aliphatic heterocycles. The van der Waals surface area contributed by atoms with Crippen LogP contribution in [0.1, 0.15) is 16.7 Å². The molecule has 224 valence electrons. The number of amides is 2. The van der Waals surface area contributed by atoms with Crippen molar-refractivity contribution in [1.82, 2.24) is 10.2 Å². The summed E-state index contributed by atoms with van der Waals surface area (Å²) in [5.41, 5.74) is 2.68. The number of aryl methyl sites for hydroxylation is 1. The van der Waals surface area contributed by atoms with Gasteiger partial charge in [0.1, 0.15) is 18.3 Å². The first-order valence-corrected chi connectivity index (χ1v) is 15.5. The van der Waals surface area contributed by atoms with Gasteiger partial charge in [0.15, 0.2) is 0 Å². The number of anilines is 1. The molecule has 0 aliphatic rings. The van der Waals surface area contributed by atoms with E-state index in [0.717, 1.165) is 15.4 Å². The summed E-state index contributed by atoms with van der Waals surface area (Å²) in [6, 6.07) is 28.3. The average molecular weight is 620 g/mol. The second-order valence-corrected chi connectivity index (χ2v) is 12.3. The van der Waals surface area contributed by atoms with E-state index in [0.29, 0.717) is 16.3 Å². The molecule has 4 aromatic carbocycles. The van der Waals surface area contributed by atoms with Crippen LogP contribution in [0.25, 0.3) is 0 Å². The second-order valence-electron chi connectivity index (χ2n) is 10.00. The largest absolute Gasteiger partial charge is 0.497 e. The molecule has 0 spiro atoms. The Bertz CT molecular complexity index is 1660. The third-order valence-electron chi connectivity index (χ3n) is 6.99. The lowest BCUT2D eigenvalue weighted by atomic mass is 10.0. The number of benzene rings is 4. The number of nitrogens with zero attached hydrogens (tertiary/aromatic N) is 2. The lowest BCUT2D eigenvalue weighted by molar-refractivity contribution is -0.139. The molecule has 1 atom stereocenters. The fourth-order valence-electron chi connectivity index (χ4n) is 4.68. The van der Waals surface area contributed by atoms with E-state index >= 15 is 0 Å². The lowest BCUT2D eigenvalue weighted by Crippen LogP contribution is -2.53. The van der Waals surface area contributed by atoms with Crippen molar-refractivity contribution in [3.8, 4) is 5.75 Å². The minimum atomic E-state index is -4.21. The highest BCUT2D eigenvalue weighted by atomic mass is 35.5. The Kier molecular flexibility index (Phi) is 10.4. The quantitative estimate of drug-likeness (QED) is 0.234. The van der Waals surface area contributed by atoms with Crippen molar-refractivity contribution in [2.24, 2.45) is 0 Å². The molecule has 4 rings (SSSR count). The first-order valence-electron chi connectivity index (χ1n) is 13.6. The molecule has 0 heterocycles. The van der Waals surface area contributed by atoms with Crippen molar-refractivity contribution in [1.29, 1.82) is 0 Å². The van der Waals surface area contributed by atoms with Gasteiger partial charge in [0.2, 0.25) is 11.8 Å². The van der Waals surface area contributed by atoms with Crippen LogP contribution in [0.4, 0.5) is 5.69 Å². The van der Waals surface area contributed by atoms with Crippen LogP contribution < -0.4 is 14.4 Å². The van der Waals surface area contributed by atoms with Gasteiger partial charge in [-0.15, -0.1) is 0 Å². The number of carbonyl (C=O) groups excluding carboxylic acids is 2.